The van der Waals surface area contributed by atoms with E-state index < -0.39 is 10.0 Å². The molecule has 0 saturated carbocycles. The first-order chi connectivity index (χ1) is 9.91. The Labute approximate surface area is 136 Å². The lowest BCUT2D eigenvalue weighted by Gasteiger charge is -2.38. The zero-order valence-electron chi connectivity index (χ0n) is 11.9. The molecule has 0 aromatic heterocycles. The van der Waals surface area contributed by atoms with E-state index in [1.165, 1.54) is 16.4 Å². The van der Waals surface area contributed by atoms with Crippen molar-refractivity contribution in [2.24, 2.45) is 11.7 Å². The van der Waals surface area contributed by atoms with E-state index in [-0.39, 0.29) is 21.0 Å². The van der Waals surface area contributed by atoms with Crippen molar-refractivity contribution in [1.29, 1.82) is 0 Å². The highest BCUT2D eigenvalue weighted by Crippen LogP contribution is 2.35. The summed E-state index contributed by atoms with van der Waals surface area (Å²) in [4.78, 5) is -0.0123. The van der Waals surface area contributed by atoms with Gasteiger partial charge in [-0.15, -0.1) is 0 Å². The van der Waals surface area contributed by atoms with Crippen LogP contribution in [-0.4, -0.2) is 31.9 Å². The molecule has 1 aliphatic heterocycles. The van der Waals surface area contributed by atoms with E-state index in [0.717, 1.165) is 19.3 Å². The van der Waals surface area contributed by atoms with Gasteiger partial charge in [0.15, 0.2) is 0 Å². The lowest BCUT2D eigenvalue weighted by atomic mass is 9.90. The minimum atomic E-state index is -3.73. The summed E-state index contributed by atoms with van der Waals surface area (Å²) in [7, 11) is -3.73. The minimum Gasteiger partial charge on any atom is -0.329 e. The normalized spacial score (nSPS) is 24.2. The van der Waals surface area contributed by atoms with Gasteiger partial charge in [-0.25, -0.2) is 8.42 Å². The fourth-order valence-electron chi connectivity index (χ4n) is 2.86. The van der Waals surface area contributed by atoms with Gasteiger partial charge >= 0.3 is 0 Å². The maximum absolute atomic E-state index is 12.9. The standard InChI is InChI=1S/C14H20Cl2N2O2S/c1-2-10-6-7-18(11(8-10)9-17)21(19,20)14-12(15)4-3-5-13(14)16/h3-5,10-11H,2,6-9,17H2,1H3. The molecular weight excluding hydrogens is 331 g/mol. The van der Waals surface area contributed by atoms with Crippen molar-refractivity contribution in [3.63, 3.8) is 0 Å². The van der Waals surface area contributed by atoms with Crippen LogP contribution in [0.15, 0.2) is 23.1 Å². The van der Waals surface area contributed by atoms with Gasteiger partial charge in [0.2, 0.25) is 10.0 Å². The third kappa shape index (κ3) is 3.37. The predicted octanol–water partition coefficient (Wildman–Crippen LogP) is 3.13. The van der Waals surface area contributed by atoms with Crippen LogP contribution in [0.3, 0.4) is 0 Å². The first kappa shape index (κ1) is 17.0. The number of nitrogens with zero attached hydrogens (tertiary/aromatic N) is 1. The molecule has 1 heterocycles. The Morgan fingerprint density at radius 3 is 2.48 bits per heavy atom. The van der Waals surface area contributed by atoms with Crippen LogP contribution in [0.25, 0.3) is 0 Å². The van der Waals surface area contributed by atoms with Crippen LogP contribution < -0.4 is 5.73 Å². The molecule has 2 atom stereocenters. The molecular formula is C14H20Cl2N2O2S. The Morgan fingerprint density at radius 1 is 1.33 bits per heavy atom. The predicted molar refractivity (Wildman–Crippen MR) is 86.2 cm³/mol. The average Bonchev–Trinajstić information content (AvgIpc) is 2.46. The summed E-state index contributed by atoms with van der Waals surface area (Å²) in [6.45, 7) is 2.88. The van der Waals surface area contributed by atoms with E-state index in [4.69, 9.17) is 28.9 Å². The molecule has 118 valence electrons. The third-order valence-electron chi connectivity index (χ3n) is 4.11. The highest BCUT2D eigenvalue weighted by molar-refractivity contribution is 7.89. The molecule has 0 bridgehead atoms. The van der Waals surface area contributed by atoms with Crippen LogP contribution in [0.5, 0.6) is 0 Å². The molecule has 2 unspecified atom stereocenters. The van der Waals surface area contributed by atoms with Crippen LogP contribution in [0.1, 0.15) is 26.2 Å². The highest BCUT2D eigenvalue weighted by Gasteiger charge is 2.37. The van der Waals surface area contributed by atoms with Gasteiger partial charge in [0.25, 0.3) is 0 Å². The molecule has 7 heteroatoms. The quantitative estimate of drug-likeness (QED) is 0.907. The summed E-state index contributed by atoms with van der Waals surface area (Å²) in [6, 6.07) is 4.52. The van der Waals surface area contributed by atoms with Crippen molar-refractivity contribution in [3.05, 3.63) is 28.2 Å². The first-order valence-corrected chi connectivity index (χ1v) is 9.27. The molecule has 4 nitrogen and oxygen atoms in total. The molecule has 1 saturated heterocycles. The zero-order chi connectivity index (χ0) is 15.6. The van der Waals surface area contributed by atoms with Crippen LogP contribution in [0, 0.1) is 5.92 Å². The maximum Gasteiger partial charge on any atom is 0.246 e. The number of hydrogen-bond acceptors (Lipinski definition) is 3. The van der Waals surface area contributed by atoms with Crippen molar-refractivity contribution in [3.8, 4) is 0 Å². The van der Waals surface area contributed by atoms with E-state index in [0.29, 0.717) is 19.0 Å². The van der Waals surface area contributed by atoms with E-state index in [1.807, 2.05) is 0 Å². The van der Waals surface area contributed by atoms with Crippen molar-refractivity contribution in [2.75, 3.05) is 13.1 Å². The van der Waals surface area contributed by atoms with Gasteiger partial charge in [-0.2, -0.15) is 4.31 Å². The largest absolute Gasteiger partial charge is 0.329 e. The molecule has 1 aromatic rings. The highest BCUT2D eigenvalue weighted by atomic mass is 35.5. The van der Waals surface area contributed by atoms with Crippen molar-refractivity contribution >= 4 is 33.2 Å². The second-order valence-electron chi connectivity index (χ2n) is 5.35. The molecule has 1 fully saturated rings. The molecule has 0 aliphatic carbocycles. The Kier molecular flexibility index (Phi) is 5.54. The minimum absolute atomic E-state index is 0.0123. The lowest BCUT2D eigenvalue weighted by Crippen LogP contribution is -2.49. The summed E-state index contributed by atoms with van der Waals surface area (Å²) in [6.07, 6.45) is 2.67. The van der Waals surface area contributed by atoms with E-state index in [2.05, 4.69) is 6.92 Å². The van der Waals surface area contributed by atoms with Crippen molar-refractivity contribution in [1.82, 2.24) is 4.31 Å². The second-order valence-corrected chi connectivity index (χ2v) is 8.00. The Hall–Kier alpha value is -0.330. The molecule has 0 spiro atoms. The van der Waals surface area contributed by atoms with Gasteiger partial charge < -0.3 is 5.73 Å². The molecule has 2 N–H and O–H groups in total. The molecule has 1 aromatic carbocycles. The molecule has 21 heavy (non-hydrogen) atoms. The van der Waals surface area contributed by atoms with Crippen LogP contribution >= 0.6 is 23.2 Å². The molecule has 1 aliphatic rings. The fraction of sp³-hybridized carbons (Fsp3) is 0.571. The Balaban J connectivity index is 2.39. The first-order valence-electron chi connectivity index (χ1n) is 7.07. The molecule has 0 amide bonds. The number of sulfonamides is 1. The van der Waals surface area contributed by atoms with Crippen LogP contribution in [0.2, 0.25) is 10.0 Å². The van der Waals surface area contributed by atoms with E-state index in [1.54, 1.807) is 6.07 Å². The summed E-state index contributed by atoms with van der Waals surface area (Å²) in [5.74, 6) is 0.520. The summed E-state index contributed by atoms with van der Waals surface area (Å²) in [5.41, 5.74) is 5.79. The van der Waals surface area contributed by atoms with Crippen molar-refractivity contribution < 1.29 is 8.42 Å². The zero-order valence-corrected chi connectivity index (χ0v) is 14.3. The number of benzene rings is 1. The number of rotatable bonds is 4. The number of hydrogen-bond donors (Lipinski definition) is 1. The number of piperidine rings is 1. The monoisotopic (exact) mass is 350 g/mol. The smallest absolute Gasteiger partial charge is 0.246 e. The molecule has 2 rings (SSSR count). The van der Waals surface area contributed by atoms with E-state index >= 15 is 0 Å². The Bertz CT molecular complexity index is 587. The summed E-state index contributed by atoms with van der Waals surface area (Å²) < 4.78 is 27.3. The SMILES string of the molecule is CCC1CCN(S(=O)(=O)c2c(Cl)cccc2Cl)C(CN)C1. The van der Waals surface area contributed by atoms with Gasteiger partial charge in [-0.05, 0) is 30.9 Å². The van der Waals surface area contributed by atoms with Gasteiger partial charge in [-0.3, -0.25) is 0 Å². The third-order valence-corrected chi connectivity index (χ3v) is 7.01. The lowest BCUT2D eigenvalue weighted by molar-refractivity contribution is 0.197. The summed E-state index contributed by atoms with van der Waals surface area (Å²) >= 11 is 12.1. The topological polar surface area (TPSA) is 63.4 Å². The summed E-state index contributed by atoms with van der Waals surface area (Å²) in [5, 5.41) is 0.298. The molecule has 0 radical (unpaired) electrons. The fourth-order valence-corrected chi connectivity index (χ4v) is 5.62. The van der Waals surface area contributed by atoms with Gasteiger partial charge in [-0.1, -0.05) is 42.6 Å². The second kappa shape index (κ2) is 6.84. The number of halogens is 2. The Morgan fingerprint density at radius 2 is 1.95 bits per heavy atom. The van der Waals surface area contributed by atoms with Crippen molar-refractivity contribution in [2.45, 2.75) is 37.1 Å². The van der Waals surface area contributed by atoms with Gasteiger partial charge in [0, 0.05) is 19.1 Å². The van der Waals surface area contributed by atoms with Gasteiger partial charge in [0.1, 0.15) is 4.90 Å². The van der Waals surface area contributed by atoms with E-state index in [9.17, 15) is 8.42 Å². The van der Waals surface area contributed by atoms with Crippen LogP contribution in [-0.2, 0) is 10.0 Å². The van der Waals surface area contributed by atoms with Crippen LogP contribution in [0.4, 0.5) is 0 Å². The average molecular weight is 351 g/mol. The maximum atomic E-state index is 12.9. The van der Waals surface area contributed by atoms with Gasteiger partial charge in [0.05, 0.1) is 10.0 Å². The number of nitrogens with two attached hydrogens (primary N) is 1.